The number of hydrogen-bond acceptors (Lipinski definition) is 12. The Bertz CT molecular complexity index is 2920. The monoisotopic (exact) mass is 968 g/mol. The predicted molar refractivity (Wildman–Crippen MR) is 268 cm³/mol. The minimum atomic E-state index is -2.09. The molecular weight excluding hydrogens is 913 g/mol. The number of rotatable bonds is 16. The highest BCUT2D eigenvalue weighted by atomic mass is 16.6. The van der Waals surface area contributed by atoms with Gasteiger partial charge in [-0.3, -0.25) is 24.2 Å². The summed E-state index contributed by atoms with van der Waals surface area (Å²) in [6.45, 7) is 0.419. The highest BCUT2D eigenvalue weighted by molar-refractivity contribution is 6.23. The molecule has 1 spiro atoms. The van der Waals surface area contributed by atoms with Gasteiger partial charge in [-0.2, -0.15) is 0 Å². The molecule has 0 saturated carbocycles. The molecule has 2 fully saturated rings. The molecule has 368 valence electrons. The number of aliphatic hydroxyl groups is 2. The maximum absolute atomic E-state index is 16.5. The lowest BCUT2D eigenvalue weighted by Gasteiger charge is -2.46. The van der Waals surface area contributed by atoms with Crippen molar-refractivity contribution in [3.05, 3.63) is 203 Å². The van der Waals surface area contributed by atoms with Crippen LogP contribution in [0.1, 0.15) is 63.2 Å². The van der Waals surface area contributed by atoms with E-state index in [0.29, 0.717) is 41.1 Å². The molecule has 3 aliphatic heterocycles. The summed E-state index contributed by atoms with van der Waals surface area (Å²) in [5.74, 6) is 3.07. The van der Waals surface area contributed by atoms with Crippen LogP contribution in [0.15, 0.2) is 164 Å². The molecule has 9 rings (SSSR count). The Morgan fingerprint density at radius 2 is 1.44 bits per heavy atom. The van der Waals surface area contributed by atoms with Crippen LogP contribution in [0.5, 0.6) is 5.75 Å². The molecule has 0 aromatic heterocycles. The van der Waals surface area contributed by atoms with E-state index in [1.54, 1.807) is 66.7 Å². The van der Waals surface area contributed by atoms with Crippen LogP contribution in [0.25, 0.3) is 0 Å². The SMILES string of the molecule is COCCOC(=O)N1C(=O)[C@@]2(c3cc(C#CCN(C)Cc4ccccc4)ccc31)[C@H](C(=O)NC[C@H](O)c1ccccc1)[C@H]1C(=O)O[C@H](c3ccccc3)[C@H](c3ccccc3)N1[C@@H]2c1ccc(OCCO)cc1. The number of morpholine rings is 1. The average molecular weight is 969 g/mol. The second-order valence-electron chi connectivity index (χ2n) is 18.0. The van der Waals surface area contributed by atoms with Crippen molar-refractivity contribution in [2.24, 2.45) is 5.92 Å². The van der Waals surface area contributed by atoms with Crippen LogP contribution in [0.4, 0.5) is 10.5 Å². The minimum Gasteiger partial charge on any atom is -0.491 e. The van der Waals surface area contributed by atoms with Crippen LogP contribution in [0, 0.1) is 17.8 Å². The highest BCUT2D eigenvalue weighted by Crippen LogP contribution is 2.66. The molecule has 3 N–H and O–H groups in total. The standard InChI is InChI=1S/C58H56N4O10/c1-60(38-40-16-7-3-8-17-40)31-15-18-39-25-30-47-46(36-39)58(56(67)61(47)57(68)71-35-34-69-2)49(54(65)59-37-48(64)41-19-9-4-10-20-41)51-55(66)72-52(43-23-13-6-14-24-43)50(42-21-11-5-12-22-42)62(51)53(58)44-26-28-45(29-27-44)70-33-32-63/h3-14,16-17,19-30,36,48-53,63-64H,31-35,37-38H2,1-2H3,(H,59,65)/t48-,49-,50-,51-,52+,53+,58-/m0/s1. The first-order chi connectivity index (χ1) is 35.1. The van der Waals surface area contributed by atoms with E-state index < -0.39 is 65.5 Å². The molecule has 3 aliphatic rings. The quantitative estimate of drug-likeness (QED) is 0.0526. The van der Waals surface area contributed by atoms with Crippen LogP contribution < -0.4 is 15.0 Å². The summed E-state index contributed by atoms with van der Waals surface area (Å²) in [7, 11) is 3.43. The number of aliphatic hydroxyl groups excluding tert-OH is 2. The lowest BCUT2D eigenvalue weighted by Crippen LogP contribution is -2.56. The van der Waals surface area contributed by atoms with E-state index in [2.05, 4.69) is 22.1 Å². The number of ether oxygens (including phenoxy) is 4. The van der Waals surface area contributed by atoms with Gasteiger partial charge in [0, 0.05) is 25.8 Å². The molecule has 6 aromatic carbocycles. The van der Waals surface area contributed by atoms with Crippen molar-refractivity contribution in [2.45, 2.75) is 42.3 Å². The van der Waals surface area contributed by atoms with E-state index in [0.717, 1.165) is 16.0 Å². The summed E-state index contributed by atoms with van der Waals surface area (Å²) in [5.41, 5.74) is 2.38. The Morgan fingerprint density at radius 3 is 2.11 bits per heavy atom. The van der Waals surface area contributed by atoms with Crippen LogP contribution in [0.2, 0.25) is 0 Å². The number of fused-ring (bicyclic) bond motifs is 3. The van der Waals surface area contributed by atoms with Crippen molar-refractivity contribution in [1.82, 2.24) is 15.1 Å². The lowest BCUT2D eigenvalue weighted by atomic mass is 9.65. The van der Waals surface area contributed by atoms with Gasteiger partial charge in [0.1, 0.15) is 36.5 Å². The normalized spacial score (nSPS) is 21.6. The van der Waals surface area contributed by atoms with Gasteiger partial charge in [0.2, 0.25) is 11.8 Å². The number of hydrogen-bond donors (Lipinski definition) is 3. The fraction of sp³-hybridized carbons (Fsp3) is 0.276. The van der Waals surface area contributed by atoms with Crippen LogP contribution >= 0.6 is 0 Å². The number of benzene rings is 6. The third-order valence-electron chi connectivity index (χ3n) is 13.5. The molecule has 0 aliphatic carbocycles. The van der Waals surface area contributed by atoms with Crippen molar-refractivity contribution in [3.63, 3.8) is 0 Å². The van der Waals surface area contributed by atoms with E-state index in [4.69, 9.17) is 18.9 Å². The molecule has 3 heterocycles. The molecule has 3 amide bonds. The molecule has 0 bridgehead atoms. The lowest BCUT2D eigenvalue weighted by molar-refractivity contribution is -0.178. The zero-order valence-corrected chi connectivity index (χ0v) is 40.0. The largest absolute Gasteiger partial charge is 0.491 e. The van der Waals surface area contributed by atoms with Gasteiger partial charge < -0.3 is 34.5 Å². The van der Waals surface area contributed by atoms with E-state index in [9.17, 15) is 15.0 Å². The topological polar surface area (TPSA) is 167 Å². The summed E-state index contributed by atoms with van der Waals surface area (Å²) in [5, 5.41) is 24.0. The number of anilines is 1. The Hall–Kier alpha value is -7.64. The van der Waals surface area contributed by atoms with Gasteiger partial charge in [-0.15, -0.1) is 0 Å². The second-order valence-corrected chi connectivity index (χ2v) is 18.0. The number of carbonyl (C=O) groups is 4. The van der Waals surface area contributed by atoms with Crippen molar-refractivity contribution >= 4 is 29.6 Å². The van der Waals surface area contributed by atoms with Gasteiger partial charge in [-0.1, -0.05) is 145 Å². The summed E-state index contributed by atoms with van der Waals surface area (Å²) in [6, 6.07) is 46.2. The fourth-order valence-corrected chi connectivity index (χ4v) is 10.5. The molecular formula is C58H56N4O10. The Morgan fingerprint density at radius 1 is 0.792 bits per heavy atom. The average Bonchev–Trinajstić information content (AvgIpc) is 3.87. The van der Waals surface area contributed by atoms with Crippen LogP contribution in [0.3, 0.4) is 0 Å². The van der Waals surface area contributed by atoms with E-state index in [1.807, 2.05) is 109 Å². The molecule has 2 saturated heterocycles. The first-order valence-corrected chi connectivity index (χ1v) is 23.9. The van der Waals surface area contributed by atoms with Gasteiger partial charge in [0.15, 0.2) is 0 Å². The smallest absolute Gasteiger partial charge is 0.421 e. The predicted octanol–water partition coefficient (Wildman–Crippen LogP) is 6.84. The van der Waals surface area contributed by atoms with Gasteiger partial charge in [-0.05, 0) is 70.8 Å². The number of amides is 3. The number of imide groups is 1. The number of esters is 1. The fourth-order valence-electron chi connectivity index (χ4n) is 10.5. The van der Waals surface area contributed by atoms with Crippen molar-refractivity contribution in [2.75, 3.05) is 58.6 Å². The number of nitrogens with zero attached hydrogens (tertiary/aromatic N) is 3. The zero-order chi connectivity index (χ0) is 50.2. The Balaban J connectivity index is 1.28. The van der Waals surface area contributed by atoms with E-state index in [1.165, 1.54) is 7.11 Å². The van der Waals surface area contributed by atoms with E-state index >= 15 is 14.4 Å². The molecule has 72 heavy (non-hydrogen) atoms. The summed E-state index contributed by atoms with van der Waals surface area (Å²) >= 11 is 0. The van der Waals surface area contributed by atoms with Gasteiger partial charge in [0.05, 0.1) is 49.6 Å². The second kappa shape index (κ2) is 22.2. The van der Waals surface area contributed by atoms with Crippen molar-refractivity contribution < 1.29 is 48.3 Å². The maximum atomic E-state index is 16.5. The molecule has 7 atom stereocenters. The summed E-state index contributed by atoms with van der Waals surface area (Å²) < 4.78 is 23.3. The number of cyclic esters (lactones) is 1. The number of nitrogens with one attached hydrogen (secondary N) is 1. The Labute approximate surface area is 418 Å². The molecule has 14 heteroatoms. The number of methoxy groups -OCH3 is 1. The number of carbonyl (C=O) groups excluding carboxylic acids is 4. The first-order valence-electron chi connectivity index (χ1n) is 23.9. The first kappa shape index (κ1) is 49.3. The third-order valence-corrected chi connectivity index (χ3v) is 13.5. The van der Waals surface area contributed by atoms with Gasteiger partial charge >= 0.3 is 12.1 Å². The van der Waals surface area contributed by atoms with Crippen LogP contribution in [-0.4, -0.2) is 104 Å². The van der Waals surface area contributed by atoms with Gasteiger partial charge in [-0.25, -0.2) is 9.69 Å². The maximum Gasteiger partial charge on any atom is 0.421 e. The third kappa shape index (κ3) is 9.73. The summed E-state index contributed by atoms with van der Waals surface area (Å²) in [6.07, 6.45) is -3.11. The molecule has 6 aromatic rings. The highest BCUT2D eigenvalue weighted by Gasteiger charge is 2.75. The van der Waals surface area contributed by atoms with Gasteiger partial charge in [0.25, 0.3) is 0 Å². The minimum absolute atomic E-state index is 0.0243. The summed E-state index contributed by atoms with van der Waals surface area (Å²) in [4.78, 5) is 67.2. The Kier molecular flexibility index (Phi) is 15.2. The van der Waals surface area contributed by atoms with Crippen molar-refractivity contribution in [1.29, 1.82) is 0 Å². The molecule has 14 nitrogen and oxygen atoms in total. The molecule has 0 unspecified atom stereocenters. The zero-order valence-electron chi connectivity index (χ0n) is 40.0. The van der Waals surface area contributed by atoms with E-state index in [-0.39, 0.29) is 44.2 Å². The molecule has 0 radical (unpaired) electrons. The van der Waals surface area contributed by atoms with Crippen molar-refractivity contribution in [3.8, 4) is 17.6 Å². The van der Waals surface area contributed by atoms with Crippen LogP contribution in [-0.2, 0) is 40.6 Å².